The summed E-state index contributed by atoms with van der Waals surface area (Å²) < 4.78 is 161. The summed E-state index contributed by atoms with van der Waals surface area (Å²) in [6.07, 6.45) is -9.05. The topological polar surface area (TPSA) is 328 Å². The Morgan fingerprint density at radius 2 is 0.740 bits per heavy atom. The molecule has 0 aliphatic carbocycles. The van der Waals surface area contributed by atoms with Crippen molar-refractivity contribution in [3.63, 3.8) is 0 Å². The van der Waals surface area contributed by atoms with Crippen molar-refractivity contribution < 1.29 is 125 Å². The van der Waals surface area contributed by atoms with E-state index in [4.69, 9.17) is 56.2 Å². The van der Waals surface area contributed by atoms with Crippen LogP contribution in [0.4, 0.5) is 30.7 Å². The second-order valence-electron chi connectivity index (χ2n) is 27.1. The van der Waals surface area contributed by atoms with E-state index in [0.717, 1.165) is 46.7 Å². The molecular weight excluding hydrogens is 1620 g/mol. The quantitative estimate of drug-likeness (QED) is 0.0330. The summed E-state index contributed by atoms with van der Waals surface area (Å²) in [6, 6.07) is 61.2. The van der Waals surface area contributed by atoms with E-state index in [1.54, 1.807) is 96.9 Å². The van der Waals surface area contributed by atoms with Crippen LogP contribution in [0, 0.1) is 5.82 Å². The number of amides is 6. The maximum Gasteiger partial charge on any atom is 0.573 e. The van der Waals surface area contributed by atoms with Gasteiger partial charge in [-0.2, -0.15) is 0 Å². The first-order chi connectivity index (χ1) is 59.4. The first kappa shape index (κ1) is 85.6. The maximum absolute atomic E-state index is 13.5. The molecule has 6 amide bonds. The SMILES string of the molecule is COc1ccc(CCN(Cc2cc(C(=O)NCc3ccc4c(c3)OCO4)no2)C(=O)COc2ccccc2)cc1.O=C(NCc1ccc(F)cc1)c1cc(CN(Cc2ccc(OC(F)(F)F)cc2)C(=O)c2ccc3c(c2)OCO3)on1.O=C(NCc1ccc2c(c1)OCO2)c1cc(CN(Cc2ccc(OC(F)(F)F)cc2)C(=O)COc2ccccc2)on1. The van der Waals surface area contributed by atoms with Crippen molar-refractivity contribution in [1.82, 2.24) is 46.1 Å². The number of carbonyl (C=O) groups excluding carboxylic acids is 6. The lowest BCUT2D eigenvalue weighted by atomic mass is 10.1. The Morgan fingerprint density at radius 3 is 1.19 bits per heavy atom. The van der Waals surface area contributed by atoms with Gasteiger partial charge < -0.3 is 96.3 Å². The lowest BCUT2D eigenvalue weighted by Crippen LogP contribution is -2.36. The summed E-state index contributed by atoms with van der Waals surface area (Å²) in [5, 5.41) is 19.7. The molecule has 36 heteroatoms. The standard InChI is InChI=1S/C30H29N3O7.C29H24F3N3O7.C28H21F4N3O6/c1-36-23-10-7-21(8-11-23)13-14-33(29(34)19-37-24-5-3-2-4-6-24)18-25-16-26(32-40-25)30(35)31-17-22-9-12-27-28(15-22)39-20-38-27;30-29(31,32)41-22-9-6-19(7-10-22)15-35(27(36)17-38-21-4-2-1-3-5-21)16-23-13-24(34-42-23)28(37)33-14-20-8-11-25-26(12-20)40-18-39-25;29-20-6-1-17(2-7-20)13-33-26(36)23-12-22(41-34-23)15-35(14-18-3-8-21(9-4-18)40-28(30,31)32)27(37)19-5-10-24-25(11-19)39-16-38-24/h2-12,15-16H,13-14,17-20H2,1H3,(H,31,35);1-13H,14-18H2,(H,33,37);1-12H,13-16H2,(H,33,36). The number of nitrogens with zero attached hydrogens (tertiary/aromatic N) is 6. The maximum atomic E-state index is 13.5. The first-order valence-corrected chi connectivity index (χ1v) is 37.6. The summed E-state index contributed by atoms with van der Waals surface area (Å²) in [5.41, 5.74) is 4.76. The third-order valence-electron chi connectivity index (χ3n) is 18.3. The molecule has 15 rings (SSSR count). The molecule has 3 N–H and O–H groups in total. The van der Waals surface area contributed by atoms with Crippen LogP contribution in [0.25, 0.3) is 0 Å². The van der Waals surface area contributed by atoms with Crippen molar-refractivity contribution in [3.8, 4) is 63.2 Å². The molecular formula is C87H74F7N9O20. The zero-order valence-corrected chi connectivity index (χ0v) is 65.0. The number of aromatic nitrogens is 3. The van der Waals surface area contributed by atoms with Crippen molar-refractivity contribution in [2.24, 2.45) is 0 Å². The largest absolute Gasteiger partial charge is 0.573 e. The molecule has 9 aromatic carbocycles. The fraction of sp³-hybridized carbons (Fsp3) is 0.207. The molecule has 3 aliphatic rings. The van der Waals surface area contributed by atoms with Crippen molar-refractivity contribution in [3.05, 3.63) is 310 Å². The number of nitrogens with one attached hydrogen (secondary N) is 3. The normalized spacial score (nSPS) is 12.0. The van der Waals surface area contributed by atoms with Gasteiger partial charge in [-0.25, -0.2) is 4.39 Å². The van der Waals surface area contributed by atoms with Crippen molar-refractivity contribution in [1.29, 1.82) is 0 Å². The molecule has 0 radical (unpaired) electrons. The van der Waals surface area contributed by atoms with Gasteiger partial charge in [0.05, 0.1) is 26.7 Å². The van der Waals surface area contributed by atoms with Crippen LogP contribution in [0.15, 0.2) is 244 Å². The van der Waals surface area contributed by atoms with Gasteiger partial charge in [0.15, 0.2) is 82.1 Å². The van der Waals surface area contributed by atoms with Gasteiger partial charge in [-0.3, -0.25) is 28.8 Å². The Balaban J connectivity index is 0.000000159. The highest BCUT2D eigenvalue weighted by molar-refractivity contribution is 5.95. The monoisotopic (exact) mass is 1700 g/mol. The minimum absolute atomic E-state index is 0.00679. The molecule has 0 spiro atoms. The van der Waals surface area contributed by atoms with Crippen molar-refractivity contribution >= 4 is 35.4 Å². The van der Waals surface area contributed by atoms with E-state index in [1.807, 2.05) is 54.6 Å². The number of halogens is 7. The minimum atomic E-state index is -4.84. The lowest BCUT2D eigenvalue weighted by molar-refractivity contribution is -0.275. The van der Waals surface area contributed by atoms with Crippen LogP contribution in [0.5, 0.6) is 63.2 Å². The van der Waals surface area contributed by atoms with Gasteiger partial charge in [-0.05, 0) is 155 Å². The van der Waals surface area contributed by atoms with Crippen LogP contribution in [0.2, 0.25) is 0 Å². The Morgan fingerprint density at radius 1 is 0.374 bits per heavy atom. The smallest absolute Gasteiger partial charge is 0.497 e. The summed E-state index contributed by atoms with van der Waals surface area (Å²) in [5.74, 6) is 2.35. The highest BCUT2D eigenvalue weighted by atomic mass is 19.4. The van der Waals surface area contributed by atoms with E-state index in [2.05, 4.69) is 40.9 Å². The molecule has 0 bridgehead atoms. The van der Waals surface area contributed by atoms with Crippen LogP contribution in [0.3, 0.4) is 0 Å². The summed E-state index contributed by atoms with van der Waals surface area (Å²) in [4.78, 5) is 82.1. The number of benzene rings is 9. The fourth-order valence-electron chi connectivity index (χ4n) is 12.1. The number of fused-ring (bicyclic) bond motifs is 3. The molecule has 123 heavy (non-hydrogen) atoms. The first-order valence-electron chi connectivity index (χ1n) is 37.6. The van der Waals surface area contributed by atoms with E-state index in [0.29, 0.717) is 81.4 Å². The summed E-state index contributed by atoms with van der Waals surface area (Å²) in [7, 11) is 1.62. The number of hydrogen-bond donors (Lipinski definition) is 3. The molecule has 12 aromatic rings. The molecule has 29 nitrogen and oxygen atoms in total. The molecule has 0 saturated carbocycles. The Hall–Kier alpha value is -15.3. The predicted octanol–water partition coefficient (Wildman–Crippen LogP) is 14.0. The highest BCUT2D eigenvalue weighted by Gasteiger charge is 2.33. The van der Waals surface area contributed by atoms with Crippen molar-refractivity contribution in [2.45, 2.75) is 71.5 Å². The number of para-hydroxylation sites is 2. The molecule has 3 aliphatic heterocycles. The van der Waals surface area contributed by atoms with Crippen molar-refractivity contribution in [2.75, 3.05) is 47.2 Å². The Bertz CT molecular complexity index is 5590. The number of hydrogen-bond acceptors (Lipinski definition) is 23. The van der Waals surface area contributed by atoms with Crippen LogP contribution in [-0.4, -0.2) is 126 Å². The molecule has 0 unspecified atom stereocenters. The van der Waals surface area contributed by atoms with Crippen LogP contribution < -0.4 is 68.1 Å². The number of carbonyl (C=O) groups is 6. The average Bonchev–Trinajstić information content (AvgIpc) is 1.78. The summed E-state index contributed by atoms with van der Waals surface area (Å²) >= 11 is 0. The zero-order chi connectivity index (χ0) is 86.2. The van der Waals surface area contributed by atoms with E-state index in [1.165, 1.54) is 76.5 Å². The molecule has 636 valence electrons. The van der Waals surface area contributed by atoms with Crippen LogP contribution in [0.1, 0.15) is 92.5 Å². The van der Waals surface area contributed by atoms with E-state index < -0.39 is 53.8 Å². The number of ether oxygens (including phenoxy) is 11. The molecule has 0 saturated heterocycles. The fourth-order valence-corrected chi connectivity index (χ4v) is 12.1. The molecule has 0 atom stereocenters. The van der Waals surface area contributed by atoms with Gasteiger partial charge in [0.2, 0.25) is 20.4 Å². The van der Waals surface area contributed by atoms with E-state index in [-0.39, 0.29) is 132 Å². The summed E-state index contributed by atoms with van der Waals surface area (Å²) in [6.45, 7) is 0.846. The van der Waals surface area contributed by atoms with Gasteiger partial charge in [0.1, 0.15) is 34.6 Å². The lowest BCUT2D eigenvalue weighted by Gasteiger charge is -2.22. The number of alkyl halides is 6. The van der Waals surface area contributed by atoms with E-state index in [9.17, 15) is 59.5 Å². The average molecular weight is 1700 g/mol. The van der Waals surface area contributed by atoms with Gasteiger partial charge >= 0.3 is 12.7 Å². The third kappa shape index (κ3) is 25.4. The number of rotatable bonds is 32. The van der Waals surface area contributed by atoms with Gasteiger partial charge in [0, 0.05) is 63.0 Å². The van der Waals surface area contributed by atoms with E-state index >= 15 is 0 Å². The number of methoxy groups -OCH3 is 1. The van der Waals surface area contributed by atoms with Crippen LogP contribution in [-0.2, 0) is 68.4 Å². The Labute approximate surface area is 695 Å². The second-order valence-corrected chi connectivity index (χ2v) is 27.1. The molecule has 6 heterocycles. The van der Waals surface area contributed by atoms with Gasteiger partial charge in [0.25, 0.3) is 35.4 Å². The second kappa shape index (κ2) is 40.5. The van der Waals surface area contributed by atoms with Crippen LogP contribution >= 0.6 is 0 Å². The predicted molar refractivity (Wildman–Crippen MR) is 417 cm³/mol. The third-order valence-corrected chi connectivity index (χ3v) is 18.3. The van der Waals surface area contributed by atoms with Gasteiger partial charge in [-0.15, -0.1) is 26.3 Å². The highest BCUT2D eigenvalue weighted by Crippen LogP contribution is 2.36. The Kier molecular flexibility index (Phi) is 28.2. The molecule has 3 aromatic heterocycles. The van der Waals surface area contributed by atoms with Gasteiger partial charge in [-0.1, -0.05) is 113 Å². The zero-order valence-electron chi connectivity index (χ0n) is 65.0. The minimum Gasteiger partial charge on any atom is -0.497 e. The molecule has 0 fully saturated rings.